The Kier molecular flexibility index (Phi) is 7.15. The van der Waals surface area contributed by atoms with Crippen LogP contribution in [0.3, 0.4) is 0 Å². The number of sulfonamides is 1. The van der Waals surface area contributed by atoms with E-state index in [4.69, 9.17) is 9.47 Å². The molecule has 2 aromatic rings. The van der Waals surface area contributed by atoms with Gasteiger partial charge in [-0.3, -0.25) is 0 Å². The number of nitrogens with one attached hydrogen (secondary N) is 1. The molecule has 27 heavy (non-hydrogen) atoms. The predicted molar refractivity (Wildman–Crippen MR) is 104 cm³/mol. The van der Waals surface area contributed by atoms with Gasteiger partial charge in [0.05, 0.1) is 12.7 Å². The Morgan fingerprint density at radius 1 is 1.15 bits per heavy atom. The van der Waals surface area contributed by atoms with Crippen molar-refractivity contribution in [3.8, 4) is 5.75 Å². The molecule has 0 fully saturated rings. The predicted octanol–water partition coefficient (Wildman–Crippen LogP) is 3.25. The molecule has 0 aromatic heterocycles. The van der Waals surface area contributed by atoms with E-state index in [9.17, 15) is 13.2 Å². The van der Waals surface area contributed by atoms with Crippen molar-refractivity contribution in [1.82, 2.24) is 4.72 Å². The fourth-order valence-corrected chi connectivity index (χ4v) is 3.79. The van der Waals surface area contributed by atoms with Gasteiger partial charge in [-0.05, 0) is 43.7 Å². The zero-order chi connectivity index (χ0) is 19.9. The number of methoxy groups -OCH3 is 1. The number of ether oxygens (including phenoxy) is 2. The van der Waals surface area contributed by atoms with E-state index in [1.165, 1.54) is 25.3 Å². The van der Waals surface area contributed by atoms with Crippen molar-refractivity contribution in [2.75, 3.05) is 13.7 Å². The van der Waals surface area contributed by atoms with E-state index in [-0.39, 0.29) is 28.9 Å². The van der Waals surface area contributed by atoms with Gasteiger partial charge in [0.15, 0.2) is 0 Å². The Morgan fingerprint density at radius 3 is 2.48 bits per heavy atom. The first-order valence-corrected chi connectivity index (χ1v) is 9.91. The van der Waals surface area contributed by atoms with Crippen LogP contribution in [-0.2, 0) is 14.8 Å². The molecule has 0 saturated heterocycles. The molecule has 0 saturated carbocycles. The molecule has 0 aliphatic carbocycles. The second kappa shape index (κ2) is 9.34. The lowest BCUT2D eigenvalue weighted by atomic mass is 10.2. The molecule has 2 rings (SSSR count). The van der Waals surface area contributed by atoms with E-state index in [0.717, 1.165) is 5.56 Å². The number of hydrogen-bond acceptors (Lipinski definition) is 5. The molecule has 0 bridgehead atoms. The largest absolute Gasteiger partial charge is 0.495 e. The monoisotopic (exact) mass is 389 g/mol. The van der Waals surface area contributed by atoms with Crippen molar-refractivity contribution in [2.24, 2.45) is 0 Å². The Bertz CT molecular complexity index is 905. The lowest BCUT2D eigenvalue weighted by molar-refractivity contribution is 0.0549. The third-order valence-corrected chi connectivity index (χ3v) is 5.18. The molecule has 144 valence electrons. The average Bonchev–Trinajstić information content (AvgIpc) is 2.64. The van der Waals surface area contributed by atoms with Crippen molar-refractivity contribution < 1.29 is 22.7 Å². The lowest BCUT2D eigenvalue weighted by Crippen LogP contribution is -2.30. The first-order valence-electron chi connectivity index (χ1n) is 8.42. The quantitative estimate of drug-likeness (QED) is 0.701. The molecule has 0 spiro atoms. The van der Waals surface area contributed by atoms with Crippen LogP contribution in [0, 0.1) is 0 Å². The molecule has 0 radical (unpaired) electrons. The number of carbonyl (C=O) groups is 1. The third kappa shape index (κ3) is 5.94. The number of esters is 1. The molecular weight excluding hydrogens is 366 g/mol. The van der Waals surface area contributed by atoms with Crippen molar-refractivity contribution in [3.63, 3.8) is 0 Å². The number of carbonyl (C=O) groups excluding carboxylic acids is 1. The standard InChI is InChI=1S/C20H23NO5S/c1-15(2)21-27(23,24)19-14-17(11-12-18(19)25-3)20(22)26-13-7-10-16-8-5-4-6-9-16/h4-12,14-15,21H,13H2,1-3H3/b10-7+. The maximum absolute atomic E-state index is 12.5. The summed E-state index contributed by atoms with van der Waals surface area (Å²) in [5.41, 5.74) is 1.12. The van der Waals surface area contributed by atoms with Crippen molar-refractivity contribution in [3.05, 3.63) is 65.7 Å². The first kappa shape index (κ1) is 20.7. The zero-order valence-corrected chi connectivity index (χ0v) is 16.3. The highest BCUT2D eigenvalue weighted by molar-refractivity contribution is 7.89. The molecule has 7 heteroatoms. The maximum Gasteiger partial charge on any atom is 0.338 e. The van der Waals surface area contributed by atoms with Crippen LogP contribution in [0.5, 0.6) is 5.75 Å². The summed E-state index contributed by atoms with van der Waals surface area (Å²) in [7, 11) is -2.45. The van der Waals surface area contributed by atoms with Crippen LogP contribution < -0.4 is 9.46 Å². The van der Waals surface area contributed by atoms with Gasteiger partial charge in [-0.25, -0.2) is 17.9 Å². The summed E-state index contributed by atoms with van der Waals surface area (Å²) in [5, 5.41) is 0. The molecule has 0 amide bonds. The first-order chi connectivity index (χ1) is 12.8. The Morgan fingerprint density at radius 2 is 1.85 bits per heavy atom. The highest BCUT2D eigenvalue weighted by Crippen LogP contribution is 2.25. The Labute approximate surface area is 159 Å². The topological polar surface area (TPSA) is 81.7 Å². The SMILES string of the molecule is COc1ccc(C(=O)OC/C=C/c2ccccc2)cc1S(=O)(=O)NC(C)C. The highest BCUT2D eigenvalue weighted by Gasteiger charge is 2.22. The zero-order valence-electron chi connectivity index (χ0n) is 15.5. The Balaban J connectivity index is 2.12. The van der Waals surface area contributed by atoms with E-state index >= 15 is 0 Å². The normalized spacial score (nSPS) is 11.7. The van der Waals surface area contributed by atoms with Crippen LogP contribution in [0.4, 0.5) is 0 Å². The summed E-state index contributed by atoms with van der Waals surface area (Å²) in [4.78, 5) is 12.1. The van der Waals surface area contributed by atoms with Crippen LogP contribution in [0.15, 0.2) is 59.5 Å². The summed E-state index contributed by atoms with van der Waals surface area (Å²) in [6, 6.07) is 13.5. The van der Waals surface area contributed by atoms with E-state index in [1.54, 1.807) is 19.9 Å². The minimum Gasteiger partial charge on any atom is -0.495 e. The fourth-order valence-electron chi connectivity index (χ4n) is 2.34. The van der Waals surface area contributed by atoms with Crippen LogP contribution in [0.1, 0.15) is 29.8 Å². The van der Waals surface area contributed by atoms with Gasteiger partial charge in [-0.1, -0.05) is 36.4 Å². The summed E-state index contributed by atoms with van der Waals surface area (Å²) < 4.78 is 37.7. The van der Waals surface area contributed by atoms with Gasteiger partial charge in [0, 0.05) is 6.04 Å². The average molecular weight is 389 g/mol. The van der Waals surface area contributed by atoms with E-state index in [0.29, 0.717) is 0 Å². The second-order valence-electron chi connectivity index (χ2n) is 6.05. The van der Waals surface area contributed by atoms with E-state index < -0.39 is 16.0 Å². The molecule has 6 nitrogen and oxygen atoms in total. The molecule has 2 aromatic carbocycles. The van der Waals surface area contributed by atoms with Gasteiger partial charge < -0.3 is 9.47 Å². The van der Waals surface area contributed by atoms with Gasteiger partial charge >= 0.3 is 5.97 Å². The molecule has 0 aliphatic heterocycles. The van der Waals surface area contributed by atoms with Gasteiger partial charge in [0.2, 0.25) is 10.0 Å². The van der Waals surface area contributed by atoms with Gasteiger partial charge in [-0.2, -0.15) is 0 Å². The van der Waals surface area contributed by atoms with E-state index in [2.05, 4.69) is 4.72 Å². The maximum atomic E-state index is 12.5. The summed E-state index contributed by atoms with van der Waals surface area (Å²) in [6.45, 7) is 3.49. The smallest absolute Gasteiger partial charge is 0.338 e. The number of hydrogen-bond donors (Lipinski definition) is 1. The van der Waals surface area contributed by atoms with Gasteiger partial charge in [0.25, 0.3) is 0 Å². The van der Waals surface area contributed by atoms with Crippen LogP contribution >= 0.6 is 0 Å². The molecule has 0 atom stereocenters. The van der Waals surface area contributed by atoms with Crippen molar-refractivity contribution >= 4 is 22.1 Å². The number of benzene rings is 2. The number of rotatable bonds is 8. The van der Waals surface area contributed by atoms with Crippen LogP contribution in [0.2, 0.25) is 0 Å². The third-order valence-electron chi connectivity index (χ3n) is 3.50. The second-order valence-corrected chi connectivity index (χ2v) is 7.74. The molecular formula is C20H23NO5S. The van der Waals surface area contributed by atoms with E-state index in [1.807, 2.05) is 36.4 Å². The Hall–Kier alpha value is -2.64. The molecule has 0 aliphatic rings. The summed E-state index contributed by atoms with van der Waals surface area (Å²) >= 11 is 0. The van der Waals surface area contributed by atoms with Crippen LogP contribution in [0.25, 0.3) is 6.08 Å². The van der Waals surface area contributed by atoms with Gasteiger partial charge in [-0.15, -0.1) is 0 Å². The van der Waals surface area contributed by atoms with Crippen molar-refractivity contribution in [2.45, 2.75) is 24.8 Å². The fraction of sp³-hybridized carbons (Fsp3) is 0.250. The van der Waals surface area contributed by atoms with Crippen molar-refractivity contribution in [1.29, 1.82) is 0 Å². The molecule has 0 heterocycles. The minimum atomic E-state index is -3.82. The highest BCUT2D eigenvalue weighted by atomic mass is 32.2. The summed E-state index contributed by atoms with van der Waals surface area (Å²) in [5.74, 6) is -0.458. The van der Waals surface area contributed by atoms with Gasteiger partial charge in [0.1, 0.15) is 17.3 Å². The molecule has 0 unspecified atom stereocenters. The lowest BCUT2D eigenvalue weighted by Gasteiger charge is -2.13. The molecule has 1 N–H and O–H groups in total. The minimum absolute atomic E-state index is 0.0755. The van der Waals surface area contributed by atoms with Crippen LogP contribution in [-0.4, -0.2) is 34.1 Å². The summed E-state index contributed by atoms with van der Waals surface area (Å²) in [6.07, 6.45) is 3.55.